The Kier molecular flexibility index (Phi) is 6.13. The van der Waals surface area contributed by atoms with Gasteiger partial charge in [-0.2, -0.15) is 5.10 Å². The fourth-order valence-electron chi connectivity index (χ4n) is 2.53. The normalized spacial score (nSPS) is 20.3. The first kappa shape index (κ1) is 18.9. The zero-order valence-corrected chi connectivity index (χ0v) is 15.0. The summed E-state index contributed by atoms with van der Waals surface area (Å²) in [7, 11) is 0. The van der Waals surface area contributed by atoms with Gasteiger partial charge in [-0.15, -0.1) is 0 Å². The number of carbonyl (C=O) groups is 3. The molecule has 1 aliphatic rings. The van der Waals surface area contributed by atoms with E-state index in [0.717, 1.165) is 6.42 Å². The van der Waals surface area contributed by atoms with Gasteiger partial charge in [-0.05, 0) is 26.2 Å². The highest BCUT2D eigenvalue weighted by molar-refractivity contribution is 6.39. The molecule has 3 amide bonds. The maximum Gasteiger partial charge on any atom is 0.314 e. The van der Waals surface area contributed by atoms with Crippen molar-refractivity contribution in [3.63, 3.8) is 0 Å². The van der Waals surface area contributed by atoms with Gasteiger partial charge in [0.1, 0.15) is 5.82 Å². The summed E-state index contributed by atoms with van der Waals surface area (Å²) < 4.78 is 1.46. The van der Waals surface area contributed by atoms with Gasteiger partial charge in [0.15, 0.2) is 6.29 Å². The first-order valence-electron chi connectivity index (χ1n) is 8.47. The Morgan fingerprint density at radius 2 is 2.12 bits per heavy atom. The van der Waals surface area contributed by atoms with Gasteiger partial charge in [-0.25, -0.2) is 4.68 Å². The summed E-state index contributed by atoms with van der Waals surface area (Å²) >= 11 is 0. The first-order valence-corrected chi connectivity index (χ1v) is 8.47. The van der Waals surface area contributed by atoms with Gasteiger partial charge in [0.2, 0.25) is 5.91 Å². The lowest BCUT2D eigenvalue weighted by Gasteiger charge is -2.30. The van der Waals surface area contributed by atoms with E-state index in [9.17, 15) is 14.4 Å². The van der Waals surface area contributed by atoms with E-state index in [0.29, 0.717) is 30.4 Å². The monoisotopic (exact) mass is 350 g/mol. The van der Waals surface area contributed by atoms with Crippen LogP contribution < -0.4 is 21.3 Å². The van der Waals surface area contributed by atoms with Crippen LogP contribution in [-0.4, -0.2) is 40.1 Å². The smallest absolute Gasteiger partial charge is 0.314 e. The van der Waals surface area contributed by atoms with Crippen LogP contribution in [0.15, 0.2) is 6.07 Å². The van der Waals surface area contributed by atoms with Crippen LogP contribution in [0.2, 0.25) is 0 Å². The molecule has 2 heterocycles. The van der Waals surface area contributed by atoms with Crippen molar-refractivity contribution < 1.29 is 14.4 Å². The first-order chi connectivity index (χ1) is 11.8. The zero-order chi connectivity index (χ0) is 18.6. The molecular weight excluding hydrogens is 324 g/mol. The highest BCUT2D eigenvalue weighted by Gasteiger charge is 2.27. The predicted molar refractivity (Wildman–Crippen MR) is 92.5 cm³/mol. The van der Waals surface area contributed by atoms with Gasteiger partial charge in [0.05, 0.1) is 5.69 Å². The summed E-state index contributed by atoms with van der Waals surface area (Å²) in [5.41, 5.74) is 0.657. The number of nitrogens with zero attached hydrogens (tertiary/aromatic N) is 2. The quantitative estimate of drug-likeness (QED) is 0.568. The maximum absolute atomic E-state index is 12.1. The molecule has 1 saturated heterocycles. The lowest BCUT2D eigenvalue weighted by atomic mass is 10.1. The average molecular weight is 350 g/mol. The molecular formula is C16H26N6O3. The fraction of sp³-hybridized carbons (Fsp3) is 0.625. The molecule has 138 valence electrons. The number of hydrogen-bond acceptors (Lipinski definition) is 5. The summed E-state index contributed by atoms with van der Waals surface area (Å²) in [6.07, 6.45) is 0.590. The summed E-state index contributed by atoms with van der Waals surface area (Å²) in [6, 6.07) is 1.62. The van der Waals surface area contributed by atoms with Crippen LogP contribution in [-0.2, 0) is 14.4 Å². The van der Waals surface area contributed by atoms with Crippen LogP contribution in [0.4, 0.5) is 5.82 Å². The van der Waals surface area contributed by atoms with Crippen molar-refractivity contribution in [1.29, 1.82) is 0 Å². The molecule has 0 aliphatic carbocycles. The summed E-state index contributed by atoms with van der Waals surface area (Å²) in [4.78, 5) is 35.7. The van der Waals surface area contributed by atoms with E-state index < -0.39 is 18.1 Å². The van der Waals surface area contributed by atoms with Gasteiger partial charge < -0.3 is 16.0 Å². The van der Waals surface area contributed by atoms with Crippen LogP contribution in [0.1, 0.15) is 45.6 Å². The number of anilines is 1. The largest absolute Gasteiger partial charge is 0.348 e. The van der Waals surface area contributed by atoms with Crippen molar-refractivity contribution in [3.05, 3.63) is 11.8 Å². The minimum Gasteiger partial charge on any atom is -0.348 e. The Morgan fingerprint density at radius 3 is 2.76 bits per heavy atom. The van der Waals surface area contributed by atoms with E-state index in [-0.39, 0.29) is 11.9 Å². The molecule has 0 bridgehead atoms. The highest BCUT2D eigenvalue weighted by atomic mass is 16.2. The third kappa shape index (κ3) is 5.28. The molecule has 1 aromatic rings. The molecule has 2 unspecified atom stereocenters. The molecule has 0 aromatic carbocycles. The lowest BCUT2D eigenvalue weighted by molar-refractivity contribution is -0.136. The van der Waals surface area contributed by atoms with E-state index in [1.807, 2.05) is 20.8 Å². The third-order valence-electron chi connectivity index (χ3n) is 3.79. The fourth-order valence-corrected chi connectivity index (χ4v) is 2.53. The number of amides is 3. The number of rotatable bonds is 5. The number of carbonyl (C=O) groups excluding carboxylic acids is 3. The van der Waals surface area contributed by atoms with Crippen LogP contribution in [0.3, 0.4) is 0 Å². The van der Waals surface area contributed by atoms with E-state index in [1.54, 1.807) is 13.0 Å². The van der Waals surface area contributed by atoms with Crippen LogP contribution in [0.5, 0.6) is 0 Å². The standard InChI is InChI=1S/C16H26N6O3/c1-9(2)5-6-17-14(24)15(25)19-12-7-11(4)21-22(12)16-18-10(3)8-13(23)20-16/h7,9-10,16,18H,5-6,8H2,1-4H3,(H,17,24)(H,19,25)(H,20,23). The molecule has 2 rings (SSSR count). The Bertz CT molecular complexity index is 654. The minimum absolute atomic E-state index is 0.0221. The summed E-state index contributed by atoms with van der Waals surface area (Å²) in [5.74, 6) is -0.780. The van der Waals surface area contributed by atoms with E-state index >= 15 is 0 Å². The van der Waals surface area contributed by atoms with Gasteiger partial charge in [0.25, 0.3) is 0 Å². The molecule has 0 saturated carbocycles. The molecule has 2 atom stereocenters. The molecule has 9 nitrogen and oxygen atoms in total. The van der Waals surface area contributed by atoms with Gasteiger partial charge in [0, 0.05) is 25.1 Å². The SMILES string of the molecule is Cc1cc(NC(=O)C(=O)NCCC(C)C)n(C2NC(=O)CC(C)N2)n1. The maximum atomic E-state index is 12.1. The van der Waals surface area contributed by atoms with Gasteiger partial charge >= 0.3 is 11.8 Å². The number of nitrogens with one attached hydrogen (secondary N) is 4. The van der Waals surface area contributed by atoms with E-state index in [2.05, 4.69) is 26.4 Å². The Balaban J connectivity index is 2.03. The lowest BCUT2D eigenvalue weighted by Crippen LogP contribution is -2.52. The van der Waals surface area contributed by atoms with Crippen molar-refractivity contribution in [1.82, 2.24) is 25.7 Å². The van der Waals surface area contributed by atoms with Crippen LogP contribution in [0, 0.1) is 12.8 Å². The van der Waals surface area contributed by atoms with E-state index in [4.69, 9.17) is 0 Å². The molecule has 0 radical (unpaired) electrons. The topological polar surface area (TPSA) is 117 Å². The second-order valence-electron chi connectivity index (χ2n) is 6.75. The summed E-state index contributed by atoms with van der Waals surface area (Å²) in [6.45, 7) is 8.19. The van der Waals surface area contributed by atoms with Crippen molar-refractivity contribution in [2.24, 2.45) is 5.92 Å². The molecule has 1 fully saturated rings. The number of hydrogen-bond donors (Lipinski definition) is 4. The Morgan fingerprint density at radius 1 is 1.40 bits per heavy atom. The van der Waals surface area contributed by atoms with Crippen molar-refractivity contribution in [2.45, 2.75) is 52.9 Å². The Hall–Kier alpha value is -2.42. The zero-order valence-electron chi connectivity index (χ0n) is 15.0. The second-order valence-corrected chi connectivity index (χ2v) is 6.75. The number of aromatic nitrogens is 2. The molecule has 4 N–H and O–H groups in total. The van der Waals surface area contributed by atoms with Crippen LogP contribution in [0.25, 0.3) is 0 Å². The van der Waals surface area contributed by atoms with Crippen molar-refractivity contribution in [3.8, 4) is 0 Å². The van der Waals surface area contributed by atoms with Gasteiger partial charge in [-0.1, -0.05) is 13.8 Å². The molecule has 25 heavy (non-hydrogen) atoms. The minimum atomic E-state index is -0.764. The third-order valence-corrected chi connectivity index (χ3v) is 3.79. The van der Waals surface area contributed by atoms with E-state index in [1.165, 1.54) is 4.68 Å². The summed E-state index contributed by atoms with van der Waals surface area (Å²) in [5, 5.41) is 15.4. The van der Waals surface area contributed by atoms with Gasteiger partial charge in [-0.3, -0.25) is 19.7 Å². The second kappa shape index (κ2) is 8.11. The average Bonchev–Trinajstić information content (AvgIpc) is 2.86. The van der Waals surface area contributed by atoms with Crippen LogP contribution >= 0.6 is 0 Å². The Labute approximate surface area is 146 Å². The number of aryl methyl sites for hydroxylation is 1. The molecule has 9 heteroatoms. The molecule has 0 spiro atoms. The van der Waals surface area contributed by atoms with Crippen molar-refractivity contribution >= 4 is 23.5 Å². The molecule has 1 aromatic heterocycles. The molecule has 1 aliphatic heterocycles. The predicted octanol–water partition coefficient (Wildman–Crippen LogP) is 0.246. The highest BCUT2D eigenvalue weighted by Crippen LogP contribution is 2.17. The van der Waals surface area contributed by atoms with Crippen molar-refractivity contribution in [2.75, 3.05) is 11.9 Å².